The van der Waals surface area contributed by atoms with Crippen molar-refractivity contribution >= 4 is 11.6 Å². The molecule has 0 bridgehead atoms. The molecule has 0 aliphatic carbocycles. The Kier molecular flexibility index (Phi) is 4.68. The van der Waals surface area contributed by atoms with Crippen LogP contribution in [-0.2, 0) is 6.54 Å². The predicted molar refractivity (Wildman–Crippen MR) is 76.9 cm³/mol. The van der Waals surface area contributed by atoms with Gasteiger partial charge in [0.25, 0.3) is 5.91 Å². The van der Waals surface area contributed by atoms with Crippen molar-refractivity contribution < 1.29 is 9.90 Å². The summed E-state index contributed by atoms with van der Waals surface area (Å²) < 4.78 is 0. The van der Waals surface area contributed by atoms with Crippen molar-refractivity contribution in [2.75, 3.05) is 18.9 Å². The van der Waals surface area contributed by atoms with E-state index in [4.69, 9.17) is 10.8 Å². The van der Waals surface area contributed by atoms with Gasteiger partial charge in [0.15, 0.2) is 0 Å². The van der Waals surface area contributed by atoms with E-state index in [0.717, 1.165) is 5.56 Å². The molecule has 0 fully saturated rings. The number of nitrogen functional groups attached to an aromatic ring is 1. The number of carbonyl (C=O) groups excluding carboxylic acids is 1. The lowest BCUT2D eigenvalue weighted by Gasteiger charge is -2.22. The Balaban J connectivity index is 2.20. The van der Waals surface area contributed by atoms with Gasteiger partial charge in [-0.15, -0.1) is 0 Å². The summed E-state index contributed by atoms with van der Waals surface area (Å²) in [5.74, 6) is -0.206. The maximum atomic E-state index is 12.5. The lowest BCUT2D eigenvalue weighted by Crippen LogP contribution is -2.33. The van der Waals surface area contributed by atoms with E-state index in [2.05, 4.69) is 4.98 Å². The van der Waals surface area contributed by atoms with Gasteiger partial charge in [0, 0.05) is 19.3 Å². The SMILES string of the molecule is Nc1cnccc1C(=O)N(CCO)Cc1ccccc1. The third-order valence-corrected chi connectivity index (χ3v) is 2.96. The minimum atomic E-state index is -0.206. The average molecular weight is 271 g/mol. The van der Waals surface area contributed by atoms with Crippen LogP contribution < -0.4 is 5.73 Å². The van der Waals surface area contributed by atoms with Crippen molar-refractivity contribution in [3.63, 3.8) is 0 Å². The monoisotopic (exact) mass is 271 g/mol. The molecule has 20 heavy (non-hydrogen) atoms. The van der Waals surface area contributed by atoms with Crippen LogP contribution in [0, 0.1) is 0 Å². The van der Waals surface area contributed by atoms with E-state index >= 15 is 0 Å². The maximum Gasteiger partial charge on any atom is 0.256 e. The van der Waals surface area contributed by atoms with Crippen molar-refractivity contribution in [1.29, 1.82) is 0 Å². The highest BCUT2D eigenvalue weighted by atomic mass is 16.3. The first-order valence-corrected chi connectivity index (χ1v) is 6.36. The second-order valence-electron chi connectivity index (χ2n) is 4.40. The topological polar surface area (TPSA) is 79.5 Å². The molecule has 2 rings (SSSR count). The number of hydrogen-bond acceptors (Lipinski definition) is 4. The van der Waals surface area contributed by atoms with Crippen LogP contribution >= 0.6 is 0 Å². The highest BCUT2D eigenvalue weighted by molar-refractivity contribution is 5.98. The van der Waals surface area contributed by atoms with Crippen LogP contribution in [0.2, 0.25) is 0 Å². The Morgan fingerprint density at radius 1 is 1.25 bits per heavy atom. The van der Waals surface area contributed by atoms with Crippen molar-refractivity contribution in [2.45, 2.75) is 6.54 Å². The number of anilines is 1. The molecule has 1 heterocycles. The first-order chi connectivity index (χ1) is 9.72. The van der Waals surface area contributed by atoms with Crippen LogP contribution in [0.4, 0.5) is 5.69 Å². The molecular weight excluding hydrogens is 254 g/mol. The Morgan fingerprint density at radius 2 is 2.00 bits per heavy atom. The Labute approximate surface area is 117 Å². The van der Waals surface area contributed by atoms with E-state index in [9.17, 15) is 4.79 Å². The molecule has 5 heteroatoms. The summed E-state index contributed by atoms with van der Waals surface area (Å²) in [4.78, 5) is 17.9. The summed E-state index contributed by atoms with van der Waals surface area (Å²) in [7, 11) is 0. The van der Waals surface area contributed by atoms with Gasteiger partial charge in [-0.3, -0.25) is 9.78 Å². The molecule has 3 N–H and O–H groups in total. The smallest absolute Gasteiger partial charge is 0.256 e. The molecular formula is C15H17N3O2. The van der Waals surface area contributed by atoms with Crippen LogP contribution in [0.3, 0.4) is 0 Å². The molecule has 1 aromatic heterocycles. The molecule has 0 saturated carbocycles. The van der Waals surface area contributed by atoms with E-state index in [1.165, 1.54) is 12.4 Å². The minimum absolute atomic E-state index is 0.0937. The molecule has 0 saturated heterocycles. The molecule has 5 nitrogen and oxygen atoms in total. The fourth-order valence-corrected chi connectivity index (χ4v) is 1.95. The largest absolute Gasteiger partial charge is 0.397 e. The van der Waals surface area contributed by atoms with Crippen LogP contribution in [0.15, 0.2) is 48.8 Å². The molecule has 0 spiro atoms. The van der Waals surface area contributed by atoms with Crippen LogP contribution in [0.1, 0.15) is 15.9 Å². The number of benzene rings is 1. The maximum absolute atomic E-state index is 12.5. The predicted octanol–water partition coefficient (Wildman–Crippen LogP) is 1.30. The van der Waals surface area contributed by atoms with Gasteiger partial charge in [0.05, 0.1) is 24.1 Å². The zero-order chi connectivity index (χ0) is 14.4. The number of hydrogen-bond donors (Lipinski definition) is 2. The highest BCUT2D eigenvalue weighted by Gasteiger charge is 2.17. The molecule has 0 aliphatic rings. The van der Waals surface area contributed by atoms with E-state index in [1.807, 2.05) is 30.3 Å². The Bertz CT molecular complexity index is 572. The minimum Gasteiger partial charge on any atom is -0.397 e. The number of aliphatic hydroxyl groups is 1. The lowest BCUT2D eigenvalue weighted by molar-refractivity contribution is 0.0709. The number of amides is 1. The quantitative estimate of drug-likeness (QED) is 0.859. The number of aromatic nitrogens is 1. The number of nitrogens with two attached hydrogens (primary N) is 1. The van der Waals surface area contributed by atoms with Crippen molar-refractivity contribution in [1.82, 2.24) is 9.88 Å². The number of carbonyl (C=O) groups is 1. The van der Waals surface area contributed by atoms with Gasteiger partial charge in [-0.2, -0.15) is 0 Å². The summed E-state index contributed by atoms with van der Waals surface area (Å²) in [6.07, 6.45) is 2.98. The zero-order valence-corrected chi connectivity index (χ0v) is 11.1. The first kappa shape index (κ1) is 14.0. The van der Waals surface area contributed by atoms with Gasteiger partial charge in [-0.1, -0.05) is 30.3 Å². The summed E-state index contributed by atoms with van der Waals surface area (Å²) >= 11 is 0. The van der Waals surface area contributed by atoms with E-state index in [0.29, 0.717) is 17.8 Å². The van der Waals surface area contributed by atoms with E-state index in [-0.39, 0.29) is 19.1 Å². The van der Waals surface area contributed by atoms with Gasteiger partial charge in [-0.05, 0) is 11.6 Å². The molecule has 0 unspecified atom stereocenters. The molecule has 2 aromatic rings. The van der Waals surface area contributed by atoms with Gasteiger partial charge in [0.1, 0.15) is 0 Å². The summed E-state index contributed by atoms with van der Waals surface area (Å²) in [5, 5.41) is 9.14. The molecule has 1 aromatic carbocycles. The second kappa shape index (κ2) is 6.68. The zero-order valence-electron chi connectivity index (χ0n) is 11.1. The summed E-state index contributed by atoms with van der Waals surface area (Å²) in [6, 6.07) is 11.2. The van der Waals surface area contributed by atoms with Gasteiger partial charge >= 0.3 is 0 Å². The number of nitrogens with zero attached hydrogens (tertiary/aromatic N) is 2. The van der Waals surface area contributed by atoms with Crippen molar-refractivity contribution in [3.05, 3.63) is 59.9 Å². The number of rotatable bonds is 5. The van der Waals surface area contributed by atoms with Gasteiger partial charge in [0.2, 0.25) is 0 Å². The molecule has 0 atom stereocenters. The molecule has 104 valence electrons. The van der Waals surface area contributed by atoms with Gasteiger partial charge in [-0.25, -0.2) is 0 Å². The van der Waals surface area contributed by atoms with Crippen LogP contribution in [0.5, 0.6) is 0 Å². The third kappa shape index (κ3) is 3.33. The Hall–Kier alpha value is -2.40. The number of aliphatic hydroxyl groups excluding tert-OH is 1. The third-order valence-electron chi connectivity index (χ3n) is 2.96. The number of pyridine rings is 1. The first-order valence-electron chi connectivity index (χ1n) is 6.36. The summed E-state index contributed by atoms with van der Waals surface area (Å²) in [5.41, 5.74) is 7.53. The lowest BCUT2D eigenvalue weighted by atomic mass is 10.1. The van der Waals surface area contributed by atoms with Crippen molar-refractivity contribution in [3.8, 4) is 0 Å². The standard InChI is InChI=1S/C15H17N3O2/c16-14-10-17-7-6-13(14)15(20)18(8-9-19)11-12-4-2-1-3-5-12/h1-7,10,19H,8-9,11,16H2. The van der Waals surface area contributed by atoms with Crippen molar-refractivity contribution in [2.24, 2.45) is 0 Å². The Morgan fingerprint density at radius 3 is 2.65 bits per heavy atom. The average Bonchev–Trinajstić information content (AvgIpc) is 2.48. The molecule has 1 amide bonds. The summed E-state index contributed by atoms with van der Waals surface area (Å²) in [6.45, 7) is 0.598. The second-order valence-corrected chi connectivity index (χ2v) is 4.40. The fraction of sp³-hybridized carbons (Fsp3) is 0.200. The highest BCUT2D eigenvalue weighted by Crippen LogP contribution is 2.14. The van der Waals surface area contributed by atoms with Crippen LogP contribution in [0.25, 0.3) is 0 Å². The molecule has 0 radical (unpaired) electrons. The van der Waals surface area contributed by atoms with Gasteiger partial charge < -0.3 is 15.7 Å². The normalized spacial score (nSPS) is 10.2. The fourth-order valence-electron chi connectivity index (χ4n) is 1.95. The van der Waals surface area contributed by atoms with Crippen LogP contribution in [-0.4, -0.2) is 34.0 Å². The molecule has 0 aliphatic heterocycles. The van der Waals surface area contributed by atoms with E-state index in [1.54, 1.807) is 11.0 Å². The van der Waals surface area contributed by atoms with E-state index < -0.39 is 0 Å².